The van der Waals surface area contributed by atoms with Gasteiger partial charge in [0, 0.05) is 19.1 Å². The molecule has 0 radical (unpaired) electrons. The molecule has 1 aliphatic carbocycles. The van der Waals surface area contributed by atoms with E-state index < -0.39 is 0 Å². The Morgan fingerprint density at radius 2 is 2.19 bits per heavy atom. The van der Waals surface area contributed by atoms with Crippen molar-refractivity contribution in [3.63, 3.8) is 0 Å². The van der Waals surface area contributed by atoms with Crippen LogP contribution in [0, 0.1) is 6.92 Å². The average Bonchev–Trinajstić information content (AvgIpc) is 2.94. The van der Waals surface area contributed by atoms with Crippen LogP contribution < -0.4 is 10.6 Å². The number of nitrogens with zero attached hydrogens (tertiary/aromatic N) is 1. The lowest BCUT2D eigenvalue weighted by molar-refractivity contribution is -0.124. The van der Waals surface area contributed by atoms with Gasteiger partial charge in [-0.3, -0.25) is 9.69 Å². The molecule has 0 saturated carbocycles. The fourth-order valence-electron chi connectivity index (χ4n) is 3.50. The predicted octanol–water partition coefficient (Wildman–Crippen LogP) is 1.68. The van der Waals surface area contributed by atoms with Crippen molar-refractivity contribution in [3.05, 3.63) is 34.9 Å². The van der Waals surface area contributed by atoms with Crippen LogP contribution in [-0.2, 0) is 4.79 Å². The second-order valence-corrected chi connectivity index (χ2v) is 5.93. The molecule has 3 rings (SSSR count). The summed E-state index contributed by atoms with van der Waals surface area (Å²) in [4.78, 5) is 24.3. The van der Waals surface area contributed by atoms with Crippen molar-refractivity contribution in [2.75, 3.05) is 19.6 Å². The summed E-state index contributed by atoms with van der Waals surface area (Å²) < 4.78 is 0. The van der Waals surface area contributed by atoms with Crippen molar-refractivity contribution in [1.82, 2.24) is 15.5 Å². The normalized spacial score (nSPS) is 24.4. The number of hydrogen-bond acceptors (Lipinski definition) is 3. The molecule has 21 heavy (non-hydrogen) atoms. The molecular formula is C16H21N3O2. The van der Waals surface area contributed by atoms with Crippen LogP contribution in [0.4, 0.5) is 4.79 Å². The van der Waals surface area contributed by atoms with E-state index in [4.69, 9.17) is 0 Å². The molecule has 5 nitrogen and oxygen atoms in total. The van der Waals surface area contributed by atoms with Gasteiger partial charge in [-0.25, -0.2) is 4.79 Å². The molecule has 0 unspecified atom stereocenters. The van der Waals surface area contributed by atoms with Gasteiger partial charge in [0.05, 0.1) is 6.54 Å². The monoisotopic (exact) mass is 287 g/mol. The maximum absolute atomic E-state index is 11.5. The molecule has 3 amide bonds. The quantitative estimate of drug-likeness (QED) is 0.828. The van der Waals surface area contributed by atoms with Crippen LogP contribution in [0.5, 0.6) is 0 Å². The Morgan fingerprint density at radius 3 is 2.90 bits per heavy atom. The number of rotatable bonds is 4. The minimum Gasteiger partial charge on any atom is -0.329 e. The lowest BCUT2D eigenvalue weighted by Gasteiger charge is -2.17. The Morgan fingerprint density at radius 1 is 1.38 bits per heavy atom. The summed E-state index contributed by atoms with van der Waals surface area (Å²) in [5.74, 6) is 0.410. The average molecular weight is 287 g/mol. The number of benzene rings is 1. The molecule has 0 aromatic heterocycles. The minimum absolute atomic E-state index is 0.126. The van der Waals surface area contributed by atoms with E-state index in [9.17, 15) is 9.59 Å². The lowest BCUT2D eigenvalue weighted by Crippen LogP contribution is -2.37. The highest BCUT2D eigenvalue weighted by molar-refractivity contribution is 6.01. The van der Waals surface area contributed by atoms with E-state index in [1.807, 2.05) is 0 Å². The maximum Gasteiger partial charge on any atom is 0.324 e. The number of urea groups is 1. The SMILES string of the molecule is Cc1cccc2c1[C@@H](C)C[C@@H]2NCCN1C(=O)CNC1=O. The number of amides is 3. The number of nitrogens with one attached hydrogen (secondary N) is 2. The van der Waals surface area contributed by atoms with E-state index in [1.165, 1.54) is 21.6 Å². The minimum atomic E-state index is -0.280. The van der Waals surface area contributed by atoms with E-state index in [0.29, 0.717) is 25.0 Å². The highest BCUT2D eigenvalue weighted by atomic mass is 16.2. The van der Waals surface area contributed by atoms with Gasteiger partial charge in [-0.15, -0.1) is 0 Å². The molecular weight excluding hydrogens is 266 g/mol. The molecule has 1 aromatic rings. The van der Waals surface area contributed by atoms with Gasteiger partial charge >= 0.3 is 6.03 Å². The van der Waals surface area contributed by atoms with Gasteiger partial charge in [0.2, 0.25) is 5.91 Å². The molecule has 0 bridgehead atoms. The summed E-state index contributed by atoms with van der Waals surface area (Å²) in [5.41, 5.74) is 4.16. The third-order valence-electron chi connectivity index (χ3n) is 4.48. The van der Waals surface area contributed by atoms with Gasteiger partial charge < -0.3 is 10.6 Å². The first kappa shape index (κ1) is 14.1. The number of aryl methyl sites for hydroxylation is 1. The van der Waals surface area contributed by atoms with Crippen molar-refractivity contribution >= 4 is 11.9 Å². The molecule has 1 saturated heterocycles. The highest BCUT2D eigenvalue weighted by Gasteiger charge is 2.30. The summed E-state index contributed by atoms with van der Waals surface area (Å²) in [6.45, 7) is 5.60. The van der Waals surface area contributed by atoms with Gasteiger partial charge in [0.1, 0.15) is 0 Å². The van der Waals surface area contributed by atoms with Crippen LogP contribution in [-0.4, -0.2) is 36.5 Å². The molecule has 1 fully saturated rings. The Bertz CT molecular complexity index is 569. The molecule has 1 aliphatic heterocycles. The zero-order valence-electron chi connectivity index (χ0n) is 12.5. The van der Waals surface area contributed by atoms with Crippen molar-refractivity contribution < 1.29 is 9.59 Å². The van der Waals surface area contributed by atoms with Crippen LogP contribution in [0.25, 0.3) is 0 Å². The third kappa shape index (κ3) is 2.53. The van der Waals surface area contributed by atoms with Crippen LogP contribution in [0.3, 0.4) is 0 Å². The van der Waals surface area contributed by atoms with Crippen LogP contribution >= 0.6 is 0 Å². The standard InChI is InChI=1S/C16H21N3O2/c1-10-4-3-5-12-13(8-11(2)15(10)12)17-6-7-19-14(20)9-18-16(19)21/h3-5,11,13,17H,6-9H2,1-2H3,(H,18,21)/t11-,13-/m0/s1. The van der Waals surface area contributed by atoms with Crippen LogP contribution in [0.1, 0.15) is 42.0 Å². The molecule has 5 heteroatoms. The third-order valence-corrected chi connectivity index (χ3v) is 4.48. The number of hydrogen-bond donors (Lipinski definition) is 2. The Balaban J connectivity index is 1.62. The van der Waals surface area contributed by atoms with Crippen LogP contribution in [0.15, 0.2) is 18.2 Å². The fraction of sp³-hybridized carbons (Fsp3) is 0.500. The molecule has 1 aromatic carbocycles. The first-order chi connectivity index (χ1) is 10.1. The molecule has 2 N–H and O–H groups in total. The molecule has 112 valence electrons. The smallest absolute Gasteiger partial charge is 0.324 e. The predicted molar refractivity (Wildman–Crippen MR) is 80.1 cm³/mol. The zero-order chi connectivity index (χ0) is 15.0. The second kappa shape index (κ2) is 5.48. The molecule has 0 spiro atoms. The van der Waals surface area contributed by atoms with Crippen molar-refractivity contribution in [2.45, 2.75) is 32.2 Å². The van der Waals surface area contributed by atoms with Gasteiger partial charge in [-0.05, 0) is 36.0 Å². The molecule has 1 heterocycles. The number of carbonyl (C=O) groups excluding carboxylic acids is 2. The molecule has 2 aliphatic rings. The Kier molecular flexibility index (Phi) is 3.68. The van der Waals surface area contributed by atoms with Crippen LogP contribution in [0.2, 0.25) is 0 Å². The van der Waals surface area contributed by atoms with E-state index >= 15 is 0 Å². The summed E-state index contributed by atoms with van der Waals surface area (Å²) in [7, 11) is 0. The maximum atomic E-state index is 11.5. The Hall–Kier alpha value is -1.88. The summed E-state index contributed by atoms with van der Waals surface area (Å²) >= 11 is 0. The summed E-state index contributed by atoms with van der Waals surface area (Å²) in [6.07, 6.45) is 1.07. The second-order valence-electron chi connectivity index (χ2n) is 5.93. The first-order valence-corrected chi connectivity index (χ1v) is 7.49. The molecule has 2 atom stereocenters. The highest BCUT2D eigenvalue weighted by Crippen LogP contribution is 2.41. The zero-order valence-corrected chi connectivity index (χ0v) is 12.5. The lowest BCUT2D eigenvalue weighted by atomic mass is 9.98. The number of imide groups is 1. The van der Waals surface area contributed by atoms with E-state index in [-0.39, 0.29) is 18.5 Å². The van der Waals surface area contributed by atoms with Crippen molar-refractivity contribution in [2.24, 2.45) is 0 Å². The van der Waals surface area contributed by atoms with Crippen molar-refractivity contribution in [3.8, 4) is 0 Å². The summed E-state index contributed by atoms with van der Waals surface area (Å²) in [6, 6.07) is 6.47. The summed E-state index contributed by atoms with van der Waals surface area (Å²) in [5, 5.41) is 6.03. The topological polar surface area (TPSA) is 61.4 Å². The van der Waals surface area contributed by atoms with E-state index in [0.717, 1.165) is 6.42 Å². The van der Waals surface area contributed by atoms with E-state index in [2.05, 4.69) is 42.7 Å². The van der Waals surface area contributed by atoms with Gasteiger partial charge in [-0.2, -0.15) is 0 Å². The van der Waals surface area contributed by atoms with Gasteiger partial charge in [0.15, 0.2) is 0 Å². The first-order valence-electron chi connectivity index (χ1n) is 7.49. The largest absolute Gasteiger partial charge is 0.329 e. The van der Waals surface area contributed by atoms with Crippen molar-refractivity contribution in [1.29, 1.82) is 0 Å². The van der Waals surface area contributed by atoms with E-state index in [1.54, 1.807) is 0 Å². The fourth-order valence-corrected chi connectivity index (χ4v) is 3.50. The van der Waals surface area contributed by atoms with Gasteiger partial charge in [0.25, 0.3) is 0 Å². The number of fused-ring (bicyclic) bond motifs is 1. The Labute approximate surface area is 124 Å². The number of carbonyl (C=O) groups is 2. The van der Waals surface area contributed by atoms with Gasteiger partial charge in [-0.1, -0.05) is 25.1 Å².